The summed E-state index contributed by atoms with van der Waals surface area (Å²) in [5.41, 5.74) is 1.65. The van der Waals surface area contributed by atoms with Gasteiger partial charge in [0.1, 0.15) is 5.82 Å². The van der Waals surface area contributed by atoms with Gasteiger partial charge in [-0.25, -0.2) is 19.2 Å². The summed E-state index contributed by atoms with van der Waals surface area (Å²) in [5.74, 6) is 0.738. The van der Waals surface area contributed by atoms with Crippen molar-refractivity contribution in [3.8, 4) is 17.1 Å². The van der Waals surface area contributed by atoms with Crippen LogP contribution in [0.2, 0.25) is 0 Å². The summed E-state index contributed by atoms with van der Waals surface area (Å²) >= 11 is 0. The molecule has 1 aromatic carbocycles. The highest BCUT2D eigenvalue weighted by Crippen LogP contribution is 2.28. The first-order valence-electron chi connectivity index (χ1n) is 12.9. The molecule has 0 unspecified atom stereocenters. The molecule has 1 saturated carbocycles. The average molecular weight is 493 g/mol. The van der Waals surface area contributed by atoms with Crippen LogP contribution in [-0.2, 0) is 11.3 Å². The van der Waals surface area contributed by atoms with Crippen LogP contribution in [0.4, 0.5) is 10.3 Å². The standard InChI is InChI=1S/C27H33FN6O2/c1-18(2)16-32-17-24(34(27(32)36)22-9-5-19(28)6-10-22)23-13-14-29-26(31-23)30-20-7-11-21(12-8-20)33-15-3-4-25(33)35/h5-6,9-10,13-14,17-18,20-21H,3-4,7-8,11-12,15-16H2,1-2H3,(H,29,30,31). The lowest BCUT2D eigenvalue weighted by molar-refractivity contribution is -0.130. The number of imidazole rings is 1. The largest absolute Gasteiger partial charge is 0.351 e. The van der Waals surface area contributed by atoms with Gasteiger partial charge in [-0.15, -0.1) is 0 Å². The Morgan fingerprint density at radius 1 is 1.08 bits per heavy atom. The molecule has 1 saturated heterocycles. The lowest BCUT2D eigenvalue weighted by atomic mass is 9.90. The Hall–Kier alpha value is -3.49. The first kappa shape index (κ1) is 24.2. The first-order valence-corrected chi connectivity index (χ1v) is 12.9. The second kappa shape index (κ2) is 10.2. The SMILES string of the molecule is CC(C)Cn1cc(-c2ccnc(NC3CCC(N4CCCC4=O)CC3)n2)n(-c2ccc(F)cc2)c1=O. The highest BCUT2D eigenvalue weighted by atomic mass is 19.1. The van der Waals surface area contributed by atoms with Gasteiger partial charge < -0.3 is 10.2 Å². The van der Waals surface area contributed by atoms with E-state index in [0.717, 1.165) is 38.6 Å². The summed E-state index contributed by atoms with van der Waals surface area (Å²) in [6, 6.07) is 8.27. The second-order valence-corrected chi connectivity index (χ2v) is 10.3. The number of hydrogen-bond donors (Lipinski definition) is 1. The molecule has 3 heterocycles. The highest BCUT2D eigenvalue weighted by Gasteiger charge is 2.31. The Morgan fingerprint density at radius 2 is 1.83 bits per heavy atom. The fourth-order valence-corrected chi connectivity index (χ4v) is 5.38. The van der Waals surface area contributed by atoms with Crippen LogP contribution in [0, 0.1) is 11.7 Å². The monoisotopic (exact) mass is 492 g/mol. The minimum atomic E-state index is -0.354. The van der Waals surface area contributed by atoms with Gasteiger partial charge in [0.2, 0.25) is 11.9 Å². The molecular weight excluding hydrogens is 459 g/mol. The van der Waals surface area contributed by atoms with Gasteiger partial charge in [-0.3, -0.25) is 13.9 Å². The molecule has 8 nitrogen and oxygen atoms in total. The Morgan fingerprint density at radius 3 is 2.50 bits per heavy atom. The maximum absolute atomic E-state index is 13.6. The molecule has 3 aromatic rings. The van der Waals surface area contributed by atoms with Gasteiger partial charge in [-0.1, -0.05) is 13.8 Å². The molecule has 2 aliphatic rings. The lowest BCUT2D eigenvalue weighted by Crippen LogP contribution is -2.41. The molecule has 1 aliphatic heterocycles. The zero-order valence-corrected chi connectivity index (χ0v) is 20.9. The molecule has 36 heavy (non-hydrogen) atoms. The van der Waals surface area contributed by atoms with Crippen molar-refractivity contribution in [2.75, 3.05) is 11.9 Å². The van der Waals surface area contributed by atoms with Gasteiger partial charge in [0.25, 0.3) is 0 Å². The number of aromatic nitrogens is 4. The Labute approximate surface area is 210 Å². The molecular formula is C27H33FN6O2. The van der Waals surface area contributed by atoms with Crippen molar-refractivity contribution in [2.24, 2.45) is 5.92 Å². The normalized spacial score (nSPS) is 20.3. The molecule has 1 N–H and O–H groups in total. The predicted octanol–water partition coefficient (Wildman–Crippen LogP) is 4.24. The van der Waals surface area contributed by atoms with Crippen LogP contribution < -0.4 is 11.0 Å². The van der Waals surface area contributed by atoms with E-state index in [2.05, 4.69) is 29.0 Å². The number of likely N-dealkylation sites (tertiary alicyclic amines) is 1. The number of amides is 1. The number of halogens is 1. The zero-order valence-electron chi connectivity index (χ0n) is 20.9. The Balaban J connectivity index is 1.37. The van der Waals surface area contributed by atoms with Crippen LogP contribution >= 0.6 is 0 Å². The van der Waals surface area contributed by atoms with Crippen molar-refractivity contribution in [1.82, 2.24) is 24.0 Å². The molecule has 0 spiro atoms. The number of nitrogens with zero attached hydrogens (tertiary/aromatic N) is 5. The van der Waals surface area contributed by atoms with Crippen molar-refractivity contribution in [1.29, 1.82) is 0 Å². The van der Waals surface area contributed by atoms with Crippen LogP contribution in [0.3, 0.4) is 0 Å². The van der Waals surface area contributed by atoms with E-state index >= 15 is 0 Å². The number of benzene rings is 1. The predicted molar refractivity (Wildman–Crippen MR) is 136 cm³/mol. The summed E-state index contributed by atoms with van der Waals surface area (Å²) in [4.78, 5) is 36.6. The van der Waals surface area contributed by atoms with E-state index in [9.17, 15) is 14.0 Å². The van der Waals surface area contributed by atoms with Gasteiger partial charge in [0.15, 0.2) is 0 Å². The van der Waals surface area contributed by atoms with E-state index in [0.29, 0.717) is 47.9 Å². The topological polar surface area (TPSA) is 85.1 Å². The molecule has 5 rings (SSSR count). The quantitative estimate of drug-likeness (QED) is 0.533. The van der Waals surface area contributed by atoms with Gasteiger partial charge in [0.05, 0.1) is 17.1 Å². The molecule has 9 heteroatoms. The van der Waals surface area contributed by atoms with Crippen molar-refractivity contribution < 1.29 is 9.18 Å². The lowest BCUT2D eigenvalue weighted by Gasteiger charge is -2.34. The second-order valence-electron chi connectivity index (χ2n) is 10.3. The van der Waals surface area contributed by atoms with Gasteiger partial charge >= 0.3 is 5.69 Å². The zero-order chi connectivity index (χ0) is 25.2. The summed E-state index contributed by atoms with van der Waals surface area (Å²) in [6.07, 6.45) is 9.02. The number of rotatable bonds is 7. The molecule has 0 bridgehead atoms. The molecule has 1 amide bonds. The maximum Gasteiger partial charge on any atom is 0.333 e. The first-order chi connectivity index (χ1) is 17.4. The van der Waals surface area contributed by atoms with Crippen molar-refractivity contribution in [3.05, 3.63) is 59.0 Å². The minimum Gasteiger partial charge on any atom is -0.351 e. The Bertz CT molecular complexity index is 1270. The summed E-state index contributed by atoms with van der Waals surface area (Å²) < 4.78 is 16.8. The minimum absolute atomic E-state index is 0.187. The third-order valence-corrected chi connectivity index (χ3v) is 7.10. The van der Waals surface area contributed by atoms with Crippen LogP contribution in [0.5, 0.6) is 0 Å². The van der Waals surface area contributed by atoms with Crippen molar-refractivity contribution in [2.45, 2.75) is 71.0 Å². The summed E-state index contributed by atoms with van der Waals surface area (Å²) in [7, 11) is 0. The van der Waals surface area contributed by atoms with E-state index in [1.54, 1.807) is 33.5 Å². The molecule has 2 fully saturated rings. The van der Waals surface area contributed by atoms with Crippen LogP contribution in [-0.4, -0.2) is 48.5 Å². The molecule has 0 atom stereocenters. The molecule has 1 aliphatic carbocycles. The summed E-state index contributed by atoms with van der Waals surface area (Å²) in [5, 5.41) is 3.46. The van der Waals surface area contributed by atoms with E-state index in [-0.39, 0.29) is 23.5 Å². The number of hydrogen-bond acceptors (Lipinski definition) is 5. The Kier molecular flexibility index (Phi) is 6.89. The van der Waals surface area contributed by atoms with E-state index in [1.807, 2.05) is 6.20 Å². The molecule has 2 aromatic heterocycles. The number of anilines is 1. The molecule has 190 valence electrons. The van der Waals surface area contributed by atoms with Crippen molar-refractivity contribution >= 4 is 11.9 Å². The smallest absolute Gasteiger partial charge is 0.333 e. The van der Waals surface area contributed by atoms with Gasteiger partial charge in [-0.2, -0.15) is 0 Å². The third kappa shape index (κ3) is 5.05. The number of carbonyl (C=O) groups excluding carboxylic acids is 1. The highest BCUT2D eigenvalue weighted by molar-refractivity contribution is 5.78. The maximum atomic E-state index is 13.6. The number of carbonyl (C=O) groups is 1. The van der Waals surface area contributed by atoms with Crippen LogP contribution in [0.25, 0.3) is 17.1 Å². The van der Waals surface area contributed by atoms with Crippen LogP contribution in [0.15, 0.2) is 47.5 Å². The van der Waals surface area contributed by atoms with Crippen LogP contribution in [0.1, 0.15) is 52.4 Å². The summed E-state index contributed by atoms with van der Waals surface area (Å²) in [6.45, 7) is 5.57. The van der Waals surface area contributed by atoms with Gasteiger partial charge in [0, 0.05) is 44.0 Å². The number of nitrogens with one attached hydrogen (secondary N) is 1. The van der Waals surface area contributed by atoms with E-state index < -0.39 is 0 Å². The third-order valence-electron chi connectivity index (χ3n) is 7.10. The van der Waals surface area contributed by atoms with E-state index in [4.69, 9.17) is 4.98 Å². The average Bonchev–Trinajstić information content (AvgIpc) is 3.43. The van der Waals surface area contributed by atoms with Crippen molar-refractivity contribution in [3.63, 3.8) is 0 Å². The van der Waals surface area contributed by atoms with Gasteiger partial charge in [-0.05, 0) is 68.4 Å². The fourth-order valence-electron chi connectivity index (χ4n) is 5.38. The fraction of sp³-hybridized carbons (Fsp3) is 0.481. The molecule has 0 radical (unpaired) electrons. The van der Waals surface area contributed by atoms with E-state index in [1.165, 1.54) is 12.1 Å².